The van der Waals surface area contributed by atoms with Crippen LogP contribution in [-0.4, -0.2) is 24.0 Å². The summed E-state index contributed by atoms with van der Waals surface area (Å²) < 4.78 is 45.2. The molecule has 2 heterocycles. The van der Waals surface area contributed by atoms with Crippen LogP contribution in [0.2, 0.25) is 0 Å². The van der Waals surface area contributed by atoms with Crippen LogP contribution >= 0.6 is 11.3 Å². The number of nitrogens with zero attached hydrogens (tertiary/aromatic N) is 1. The predicted molar refractivity (Wildman–Crippen MR) is 124 cm³/mol. The second-order valence-corrected chi connectivity index (χ2v) is 8.11. The summed E-state index contributed by atoms with van der Waals surface area (Å²) in [7, 11) is 1.51. The molecule has 0 atom stereocenters. The van der Waals surface area contributed by atoms with Crippen molar-refractivity contribution in [2.45, 2.75) is 6.18 Å². The quantitative estimate of drug-likeness (QED) is 0.317. The summed E-state index contributed by atoms with van der Waals surface area (Å²) in [6, 6.07) is 13.9. The molecule has 11 heteroatoms. The van der Waals surface area contributed by atoms with E-state index in [1.165, 1.54) is 42.8 Å². The molecule has 174 valence electrons. The van der Waals surface area contributed by atoms with Crippen LogP contribution in [0, 0.1) is 0 Å². The van der Waals surface area contributed by atoms with E-state index in [9.17, 15) is 22.8 Å². The van der Waals surface area contributed by atoms with Crippen molar-refractivity contribution in [1.29, 1.82) is 0 Å². The van der Waals surface area contributed by atoms with Crippen molar-refractivity contribution in [3.05, 3.63) is 78.1 Å². The Bertz CT molecular complexity index is 1370. The van der Waals surface area contributed by atoms with Gasteiger partial charge in [0.1, 0.15) is 17.2 Å². The van der Waals surface area contributed by atoms with E-state index in [4.69, 9.17) is 4.74 Å². The molecule has 0 fully saturated rings. The third kappa shape index (κ3) is 5.44. The Labute approximate surface area is 195 Å². The van der Waals surface area contributed by atoms with E-state index < -0.39 is 17.8 Å². The second-order valence-electron chi connectivity index (χ2n) is 7.03. The Balaban J connectivity index is 1.45. The van der Waals surface area contributed by atoms with Crippen LogP contribution in [0.25, 0.3) is 10.1 Å². The lowest BCUT2D eigenvalue weighted by atomic mass is 10.2. The first-order valence-electron chi connectivity index (χ1n) is 9.86. The van der Waals surface area contributed by atoms with E-state index in [0.29, 0.717) is 16.5 Å². The van der Waals surface area contributed by atoms with Crippen molar-refractivity contribution < 1.29 is 27.5 Å². The number of hydrogen-bond donors (Lipinski definition) is 3. The molecule has 3 N–H and O–H groups in total. The number of anilines is 2. The van der Waals surface area contributed by atoms with E-state index in [0.717, 1.165) is 22.2 Å². The lowest BCUT2D eigenvalue weighted by Gasteiger charge is -2.10. The highest BCUT2D eigenvalue weighted by atomic mass is 32.1. The maximum absolute atomic E-state index is 12.9. The van der Waals surface area contributed by atoms with Crippen molar-refractivity contribution in [3.8, 4) is 11.5 Å². The highest BCUT2D eigenvalue weighted by Crippen LogP contribution is 2.34. The van der Waals surface area contributed by atoms with E-state index in [2.05, 4.69) is 20.9 Å². The monoisotopic (exact) mass is 486 g/mol. The van der Waals surface area contributed by atoms with Crippen LogP contribution in [0.1, 0.15) is 16.1 Å². The Morgan fingerprint density at radius 3 is 2.53 bits per heavy atom. The van der Waals surface area contributed by atoms with E-state index in [1.807, 2.05) is 0 Å². The summed E-state index contributed by atoms with van der Waals surface area (Å²) >= 11 is 1.27. The van der Waals surface area contributed by atoms with Gasteiger partial charge >= 0.3 is 12.2 Å². The van der Waals surface area contributed by atoms with Gasteiger partial charge in [-0.15, -0.1) is 11.3 Å². The lowest BCUT2D eigenvalue weighted by molar-refractivity contribution is -0.137. The van der Waals surface area contributed by atoms with Gasteiger partial charge in [0.2, 0.25) is 0 Å². The number of benzene rings is 2. The molecule has 0 aliphatic carbocycles. The number of ether oxygens (including phenoxy) is 1. The maximum Gasteiger partial charge on any atom is 0.416 e. The highest BCUT2D eigenvalue weighted by Gasteiger charge is 2.30. The number of alkyl halides is 3. The van der Waals surface area contributed by atoms with E-state index in [1.54, 1.807) is 30.3 Å². The topological polar surface area (TPSA) is 92.4 Å². The van der Waals surface area contributed by atoms with Gasteiger partial charge in [0.15, 0.2) is 0 Å². The van der Waals surface area contributed by atoms with Crippen molar-refractivity contribution in [2.24, 2.45) is 0 Å². The Morgan fingerprint density at radius 1 is 0.971 bits per heavy atom. The molecule has 0 unspecified atom stereocenters. The number of carbonyl (C=O) groups excluding carboxylic acids is 2. The number of thiophene rings is 1. The summed E-state index contributed by atoms with van der Waals surface area (Å²) in [5, 5.41) is 8.87. The van der Waals surface area contributed by atoms with Gasteiger partial charge in [0, 0.05) is 29.7 Å². The molecule has 4 aromatic rings. The van der Waals surface area contributed by atoms with Crippen LogP contribution in [0.5, 0.6) is 11.5 Å². The van der Waals surface area contributed by atoms with Gasteiger partial charge in [0.05, 0.1) is 10.6 Å². The minimum Gasteiger partial charge on any atom is -0.457 e. The number of urea groups is 1. The summed E-state index contributed by atoms with van der Waals surface area (Å²) in [5.41, 5.74) is -0.607. The number of nitrogens with one attached hydrogen (secondary N) is 3. The first-order valence-corrected chi connectivity index (χ1v) is 10.7. The summed E-state index contributed by atoms with van der Waals surface area (Å²) in [6.07, 6.45) is -3.03. The molecule has 2 aromatic carbocycles. The number of hydrogen-bond acceptors (Lipinski definition) is 5. The number of fused-ring (bicyclic) bond motifs is 1. The Hall–Kier alpha value is -4.12. The fourth-order valence-electron chi connectivity index (χ4n) is 3.05. The fraction of sp³-hybridized carbons (Fsp3) is 0.0870. The molecule has 0 radical (unpaired) electrons. The molecular weight excluding hydrogens is 469 g/mol. The van der Waals surface area contributed by atoms with E-state index >= 15 is 0 Å². The number of aromatic nitrogens is 1. The Morgan fingerprint density at radius 2 is 1.76 bits per heavy atom. The van der Waals surface area contributed by atoms with Crippen LogP contribution in [0.15, 0.2) is 66.9 Å². The fourth-order valence-corrected chi connectivity index (χ4v) is 4.03. The zero-order valence-corrected chi connectivity index (χ0v) is 18.4. The Kier molecular flexibility index (Phi) is 6.37. The number of carbonyl (C=O) groups is 2. The highest BCUT2D eigenvalue weighted by molar-refractivity contribution is 7.23. The van der Waals surface area contributed by atoms with Gasteiger partial charge in [-0.25, -0.2) is 4.79 Å². The summed E-state index contributed by atoms with van der Waals surface area (Å²) in [5.74, 6) is 0.616. The molecule has 0 spiro atoms. The molecule has 0 saturated carbocycles. The van der Waals surface area contributed by atoms with Crippen molar-refractivity contribution in [2.75, 3.05) is 17.7 Å². The predicted octanol–water partition coefficient (Wildman–Crippen LogP) is 6.11. The molecular formula is C23H17F3N4O3S. The number of amides is 3. The molecule has 0 bridgehead atoms. The van der Waals surface area contributed by atoms with Crippen molar-refractivity contribution in [3.63, 3.8) is 0 Å². The average Bonchev–Trinajstić information content (AvgIpc) is 3.19. The largest absolute Gasteiger partial charge is 0.457 e. The SMILES string of the molecule is CNC(=O)c1cc(Oc2ccc3cc(NC(=O)Nc4cccc(C(F)(F)F)c4)sc3c2)ccn1. The van der Waals surface area contributed by atoms with Gasteiger partial charge in [-0.1, -0.05) is 6.07 Å². The number of pyridine rings is 1. The smallest absolute Gasteiger partial charge is 0.416 e. The molecule has 0 aliphatic heterocycles. The zero-order valence-electron chi connectivity index (χ0n) is 17.6. The standard InChI is InChI=1S/C23H17F3N4O3S/c1-27-21(31)18-11-17(7-8-28-18)33-16-6-5-13-9-20(34-19(13)12-16)30-22(32)29-15-4-2-3-14(10-15)23(24,25)26/h2-12H,1H3,(H,27,31)(H2,29,30,32). The average molecular weight is 486 g/mol. The third-order valence-electron chi connectivity index (χ3n) is 4.60. The molecule has 4 rings (SSSR count). The van der Waals surface area contributed by atoms with Crippen molar-refractivity contribution >= 4 is 44.0 Å². The number of halogens is 3. The third-order valence-corrected chi connectivity index (χ3v) is 5.62. The van der Waals surface area contributed by atoms with Gasteiger partial charge in [-0.2, -0.15) is 13.2 Å². The molecule has 0 saturated heterocycles. The maximum atomic E-state index is 12.9. The molecule has 7 nitrogen and oxygen atoms in total. The van der Waals surface area contributed by atoms with Crippen LogP contribution in [-0.2, 0) is 6.18 Å². The molecule has 34 heavy (non-hydrogen) atoms. The van der Waals surface area contributed by atoms with Crippen LogP contribution < -0.4 is 20.7 Å². The first-order chi connectivity index (χ1) is 16.2. The molecule has 0 aliphatic rings. The van der Waals surface area contributed by atoms with Crippen molar-refractivity contribution in [1.82, 2.24) is 10.3 Å². The summed E-state index contributed by atoms with van der Waals surface area (Å²) in [6.45, 7) is 0. The van der Waals surface area contributed by atoms with Gasteiger partial charge in [-0.05, 0) is 53.9 Å². The minimum atomic E-state index is -4.50. The zero-order chi connectivity index (χ0) is 24.3. The number of rotatable bonds is 5. The summed E-state index contributed by atoms with van der Waals surface area (Å²) in [4.78, 5) is 28.0. The second kappa shape index (κ2) is 9.40. The van der Waals surface area contributed by atoms with E-state index in [-0.39, 0.29) is 17.3 Å². The molecule has 2 aromatic heterocycles. The van der Waals surface area contributed by atoms with Crippen LogP contribution in [0.3, 0.4) is 0 Å². The normalized spacial score (nSPS) is 11.2. The lowest BCUT2D eigenvalue weighted by Crippen LogP contribution is -2.19. The minimum absolute atomic E-state index is 0.0256. The van der Waals surface area contributed by atoms with Gasteiger partial charge in [-0.3, -0.25) is 15.1 Å². The van der Waals surface area contributed by atoms with Gasteiger partial charge < -0.3 is 15.4 Å². The van der Waals surface area contributed by atoms with Gasteiger partial charge in [0.25, 0.3) is 5.91 Å². The first kappa shape index (κ1) is 23.1. The van der Waals surface area contributed by atoms with Crippen LogP contribution in [0.4, 0.5) is 28.7 Å². The molecule has 3 amide bonds.